The van der Waals surface area contributed by atoms with Gasteiger partial charge in [0.1, 0.15) is 5.82 Å². The molecular formula is C12H16ClFN2. The topological polar surface area (TPSA) is 24.1 Å². The smallest absolute Gasteiger partial charge is 0.129 e. The second kappa shape index (κ2) is 5.62. The van der Waals surface area contributed by atoms with Crippen molar-refractivity contribution < 1.29 is 4.39 Å². The summed E-state index contributed by atoms with van der Waals surface area (Å²) >= 11 is 5.95. The Balaban J connectivity index is 1.93. The van der Waals surface area contributed by atoms with Crippen LogP contribution >= 0.6 is 11.6 Å². The van der Waals surface area contributed by atoms with E-state index in [0.717, 1.165) is 25.9 Å². The second-order valence-corrected chi connectivity index (χ2v) is 4.51. The Hall–Kier alpha value is -0.640. The molecule has 0 atom stereocenters. The molecule has 1 saturated heterocycles. The lowest BCUT2D eigenvalue weighted by Gasteiger charge is -2.24. The fraction of sp³-hybridized carbons (Fsp3) is 0.500. The Labute approximate surface area is 100 Å². The van der Waals surface area contributed by atoms with Crippen molar-refractivity contribution >= 4 is 11.6 Å². The molecule has 1 heterocycles. The van der Waals surface area contributed by atoms with E-state index < -0.39 is 0 Å². The first-order chi connectivity index (χ1) is 7.77. The summed E-state index contributed by atoms with van der Waals surface area (Å²) in [5.74, 6) is -0.228. The van der Waals surface area contributed by atoms with Crippen molar-refractivity contribution in [3.8, 4) is 0 Å². The first kappa shape index (κ1) is 11.8. The highest BCUT2D eigenvalue weighted by Crippen LogP contribution is 2.19. The normalized spacial score (nSPS) is 17.6. The van der Waals surface area contributed by atoms with Gasteiger partial charge in [0.25, 0.3) is 0 Å². The molecule has 0 aromatic heterocycles. The largest absolute Gasteiger partial charge is 0.317 e. The van der Waals surface area contributed by atoms with E-state index in [0.29, 0.717) is 23.2 Å². The van der Waals surface area contributed by atoms with E-state index in [-0.39, 0.29) is 5.82 Å². The van der Waals surface area contributed by atoms with Gasteiger partial charge >= 0.3 is 0 Å². The molecule has 0 aliphatic carbocycles. The van der Waals surface area contributed by atoms with E-state index in [4.69, 9.17) is 11.6 Å². The number of piperidine rings is 1. The number of hydrogen-bond donors (Lipinski definition) is 2. The molecule has 2 N–H and O–H groups in total. The molecule has 88 valence electrons. The van der Waals surface area contributed by atoms with Crippen LogP contribution in [0.1, 0.15) is 18.4 Å². The maximum absolute atomic E-state index is 13.5. The summed E-state index contributed by atoms with van der Waals surface area (Å²) in [4.78, 5) is 0. The lowest BCUT2D eigenvalue weighted by atomic mass is 10.1. The fourth-order valence-corrected chi connectivity index (χ4v) is 2.20. The van der Waals surface area contributed by atoms with Crippen LogP contribution in [0.15, 0.2) is 18.2 Å². The van der Waals surface area contributed by atoms with Crippen molar-refractivity contribution in [2.45, 2.75) is 25.4 Å². The minimum atomic E-state index is -0.228. The number of halogens is 2. The third kappa shape index (κ3) is 2.94. The molecular weight excluding hydrogens is 227 g/mol. The molecule has 1 fully saturated rings. The summed E-state index contributed by atoms with van der Waals surface area (Å²) in [5.41, 5.74) is 0.572. The summed E-state index contributed by atoms with van der Waals surface area (Å²) in [6, 6.07) is 5.28. The average Bonchev–Trinajstić information content (AvgIpc) is 2.30. The highest BCUT2D eigenvalue weighted by atomic mass is 35.5. The second-order valence-electron chi connectivity index (χ2n) is 4.11. The molecule has 1 aromatic carbocycles. The fourth-order valence-electron chi connectivity index (χ4n) is 1.97. The number of rotatable bonds is 3. The Morgan fingerprint density at radius 2 is 2.12 bits per heavy atom. The van der Waals surface area contributed by atoms with Gasteiger partial charge in [-0.15, -0.1) is 0 Å². The minimum Gasteiger partial charge on any atom is -0.317 e. The van der Waals surface area contributed by atoms with Crippen LogP contribution in [0.25, 0.3) is 0 Å². The lowest BCUT2D eigenvalue weighted by molar-refractivity contribution is 0.384. The van der Waals surface area contributed by atoms with E-state index in [2.05, 4.69) is 10.6 Å². The monoisotopic (exact) mass is 242 g/mol. The zero-order valence-corrected chi connectivity index (χ0v) is 9.86. The van der Waals surface area contributed by atoms with Crippen molar-refractivity contribution in [3.63, 3.8) is 0 Å². The van der Waals surface area contributed by atoms with Crippen molar-refractivity contribution in [2.75, 3.05) is 13.1 Å². The first-order valence-electron chi connectivity index (χ1n) is 5.64. The van der Waals surface area contributed by atoms with Crippen LogP contribution < -0.4 is 10.6 Å². The Morgan fingerprint density at radius 1 is 1.38 bits per heavy atom. The number of benzene rings is 1. The lowest BCUT2D eigenvalue weighted by Crippen LogP contribution is -2.39. The van der Waals surface area contributed by atoms with Crippen LogP contribution in [0, 0.1) is 5.82 Å². The number of nitrogens with one attached hydrogen (secondary N) is 2. The molecule has 0 spiro atoms. The highest BCUT2D eigenvalue weighted by Gasteiger charge is 2.13. The van der Waals surface area contributed by atoms with Gasteiger partial charge in [-0.3, -0.25) is 0 Å². The maximum Gasteiger partial charge on any atom is 0.129 e. The van der Waals surface area contributed by atoms with Gasteiger partial charge in [0.15, 0.2) is 0 Å². The van der Waals surface area contributed by atoms with Crippen LogP contribution in [0.3, 0.4) is 0 Å². The molecule has 2 rings (SSSR count). The average molecular weight is 243 g/mol. The maximum atomic E-state index is 13.5. The van der Waals surface area contributed by atoms with Crippen LogP contribution in [0.2, 0.25) is 5.02 Å². The SMILES string of the molecule is Fc1cccc(Cl)c1CNC1CCNCC1. The van der Waals surface area contributed by atoms with Gasteiger partial charge in [-0.25, -0.2) is 4.39 Å². The molecule has 0 unspecified atom stereocenters. The molecule has 1 aliphatic rings. The quantitative estimate of drug-likeness (QED) is 0.850. The number of hydrogen-bond acceptors (Lipinski definition) is 2. The van der Waals surface area contributed by atoms with Gasteiger partial charge in [0, 0.05) is 23.2 Å². The molecule has 0 radical (unpaired) electrons. The van der Waals surface area contributed by atoms with Gasteiger partial charge in [-0.1, -0.05) is 17.7 Å². The van der Waals surface area contributed by atoms with Crippen LogP contribution in [0.4, 0.5) is 4.39 Å². The highest BCUT2D eigenvalue weighted by molar-refractivity contribution is 6.31. The predicted molar refractivity (Wildman–Crippen MR) is 64.1 cm³/mol. The molecule has 0 saturated carbocycles. The van der Waals surface area contributed by atoms with E-state index in [1.54, 1.807) is 12.1 Å². The van der Waals surface area contributed by atoms with Crippen LogP contribution in [0.5, 0.6) is 0 Å². The molecule has 1 aromatic rings. The zero-order chi connectivity index (χ0) is 11.4. The molecule has 0 amide bonds. The molecule has 4 heteroatoms. The third-order valence-electron chi connectivity index (χ3n) is 2.97. The van der Waals surface area contributed by atoms with Crippen molar-refractivity contribution in [1.82, 2.24) is 10.6 Å². The van der Waals surface area contributed by atoms with E-state index in [1.165, 1.54) is 6.07 Å². The summed E-state index contributed by atoms with van der Waals surface area (Å²) in [6.07, 6.45) is 2.18. The third-order valence-corrected chi connectivity index (χ3v) is 3.32. The minimum absolute atomic E-state index is 0.228. The van der Waals surface area contributed by atoms with E-state index >= 15 is 0 Å². The Bertz CT molecular complexity index is 331. The zero-order valence-electron chi connectivity index (χ0n) is 9.10. The van der Waals surface area contributed by atoms with Crippen molar-refractivity contribution in [3.05, 3.63) is 34.6 Å². The Morgan fingerprint density at radius 3 is 2.81 bits per heavy atom. The Kier molecular flexibility index (Phi) is 4.16. The molecule has 16 heavy (non-hydrogen) atoms. The summed E-state index contributed by atoms with van der Waals surface area (Å²) < 4.78 is 13.5. The summed E-state index contributed by atoms with van der Waals surface area (Å²) in [6.45, 7) is 2.57. The van der Waals surface area contributed by atoms with Gasteiger partial charge in [0.2, 0.25) is 0 Å². The van der Waals surface area contributed by atoms with Crippen molar-refractivity contribution in [2.24, 2.45) is 0 Å². The van der Waals surface area contributed by atoms with E-state index in [9.17, 15) is 4.39 Å². The van der Waals surface area contributed by atoms with Gasteiger partial charge in [-0.05, 0) is 38.1 Å². The summed E-state index contributed by atoms with van der Waals surface area (Å²) in [7, 11) is 0. The van der Waals surface area contributed by atoms with Gasteiger partial charge < -0.3 is 10.6 Å². The van der Waals surface area contributed by atoms with Crippen LogP contribution in [-0.2, 0) is 6.54 Å². The molecule has 0 bridgehead atoms. The standard InChI is InChI=1S/C12H16ClFN2/c13-11-2-1-3-12(14)10(11)8-16-9-4-6-15-7-5-9/h1-3,9,15-16H,4-8H2. The first-order valence-corrected chi connectivity index (χ1v) is 6.02. The summed E-state index contributed by atoms with van der Waals surface area (Å²) in [5, 5.41) is 7.15. The van der Waals surface area contributed by atoms with Crippen LogP contribution in [-0.4, -0.2) is 19.1 Å². The van der Waals surface area contributed by atoms with Gasteiger partial charge in [0.05, 0.1) is 0 Å². The van der Waals surface area contributed by atoms with Gasteiger partial charge in [-0.2, -0.15) is 0 Å². The van der Waals surface area contributed by atoms with E-state index in [1.807, 2.05) is 0 Å². The predicted octanol–water partition coefficient (Wildman–Crippen LogP) is 2.32. The molecule has 2 nitrogen and oxygen atoms in total. The molecule has 1 aliphatic heterocycles. The van der Waals surface area contributed by atoms with Crippen molar-refractivity contribution in [1.29, 1.82) is 0 Å².